The maximum atomic E-state index is 11.8. The van der Waals surface area contributed by atoms with E-state index >= 15 is 0 Å². The number of aromatic nitrogens is 2. The van der Waals surface area contributed by atoms with Crippen LogP contribution in [0.1, 0.15) is 0 Å². The summed E-state index contributed by atoms with van der Waals surface area (Å²) < 4.78 is 22.7. The third-order valence-electron chi connectivity index (χ3n) is 4.76. The first-order valence-corrected chi connectivity index (χ1v) is 10.8. The molecule has 1 aliphatic heterocycles. The van der Waals surface area contributed by atoms with Gasteiger partial charge in [-0.2, -0.15) is 0 Å². The fourth-order valence-electron chi connectivity index (χ4n) is 3.26. The second kappa shape index (κ2) is 7.93. The lowest BCUT2D eigenvalue weighted by atomic mass is 10.1. The molecule has 2 aromatic carbocycles. The van der Waals surface area contributed by atoms with Gasteiger partial charge < -0.3 is 14.4 Å². The quantitative estimate of drug-likeness (QED) is 0.647. The van der Waals surface area contributed by atoms with Crippen LogP contribution in [0.2, 0.25) is 5.02 Å². The number of anilines is 1. The molecule has 4 rings (SSSR count). The third-order valence-corrected chi connectivity index (χ3v) is 6.29. The van der Waals surface area contributed by atoms with E-state index in [9.17, 15) is 4.21 Å². The van der Waals surface area contributed by atoms with Gasteiger partial charge in [0.2, 0.25) is 0 Å². The minimum Gasteiger partial charge on any atom is -0.493 e. The molecule has 28 heavy (non-hydrogen) atoms. The predicted molar refractivity (Wildman–Crippen MR) is 113 cm³/mol. The number of ether oxygens (including phenoxy) is 2. The lowest BCUT2D eigenvalue weighted by molar-refractivity contribution is 0.356. The van der Waals surface area contributed by atoms with Crippen LogP contribution in [-0.2, 0) is 10.8 Å². The van der Waals surface area contributed by atoms with E-state index in [-0.39, 0.29) is 0 Å². The molecule has 1 aliphatic rings. The van der Waals surface area contributed by atoms with Crippen molar-refractivity contribution in [1.29, 1.82) is 0 Å². The molecule has 1 saturated heterocycles. The molecule has 0 saturated carbocycles. The van der Waals surface area contributed by atoms with Crippen LogP contribution in [-0.4, -0.2) is 53.0 Å². The van der Waals surface area contributed by atoms with E-state index in [2.05, 4.69) is 4.90 Å². The summed E-state index contributed by atoms with van der Waals surface area (Å²) in [4.78, 5) is 11.8. The zero-order valence-corrected chi connectivity index (χ0v) is 17.2. The fourth-order valence-corrected chi connectivity index (χ4v) is 4.44. The summed E-state index contributed by atoms with van der Waals surface area (Å²) in [6, 6.07) is 11.2. The largest absolute Gasteiger partial charge is 0.493 e. The van der Waals surface area contributed by atoms with Gasteiger partial charge in [-0.05, 0) is 30.3 Å². The van der Waals surface area contributed by atoms with Gasteiger partial charge in [0.05, 0.1) is 19.7 Å². The van der Waals surface area contributed by atoms with Gasteiger partial charge in [0, 0.05) is 57.4 Å². The molecule has 0 spiro atoms. The van der Waals surface area contributed by atoms with Gasteiger partial charge in [-0.25, -0.2) is 9.97 Å². The standard InChI is InChI=1S/C20H20ClN3O3S/c1-26-17-11-15-16(12-18(17)27-2)22-19(13-3-5-14(21)6-4-13)23-20(15)24-7-9-28(25)10-8-24/h3-6,11-12H,7-10H2,1-2H3. The lowest BCUT2D eigenvalue weighted by Gasteiger charge is -2.28. The number of methoxy groups -OCH3 is 2. The topological polar surface area (TPSA) is 64.6 Å². The SMILES string of the molecule is COc1cc2nc(-c3ccc(Cl)cc3)nc(N3CCS(=O)CC3)c2cc1OC. The first kappa shape index (κ1) is 19.0. The number of rotatable bonds is 4. The van der Waals surface area contributed by atoms with Crippen molar-refractivity contribution in [2.45, 2.75) is 0 Å². The average Bonchev–Trinajstić information content (AvgIpc) is 2.73. The summed E-state index contributed by atoms with van der Waals surface area (Å²) in [6.07, 6.45) is 0. The Bertz CT molecular complexity index is 1030. The molecule has 1 aromatic heterocycles. The normalized spacial score (nSPS) is 15.0. The first-order chi connectivity index (χ1) is 13.6. The summed E-state index contributed by atoms with van der Waals surface area (Å²) in [6.45, 7) is 1.38. The Kier molecular flexibility index (Phi) is 5.37. The summed E-state index contributed by atoms with van der Waals surface area (Å²) in [7, 11) is 2.44. The van der Waals surface area contributed by atoms with Gasteiger partial charge in [0.25, 0.3) is 0 Å². The Balaban J connectivity index is 1.91. The molecule has 0 N–H and O–H groups in total. The van der Waals surface area contributed by atoms with E-state index in [1.165, 1.54) is 0 Å². The molecule has 3 aromatic rings. The van der Waals surface area contributed by atoms with E-state index in [4.69, 9.17) is 31.0 Å². The maximum Gasteiger partial charge on any atom is 0.162 e. The van der Waals surface area contributed by atoms with E-state index in [0.717, 1.165) is 22.3 Å². The van der Waals surface area contributed by atoms with E-state index in [1.807, 2.05) is 36.4 Å². The average molecular weight is 418 g/mol. The van der Waals surface area contributed by atoms with Crippen LogP contribution in [0.3, 0.4) is 0 Å². The molecule has 0 amide bonds. The van der Waals surface area contributed by atoms with Gasteiger partial charge in [-0.3, -0.25) is 4.21 Å². The minimum absolute atomic E-state index is 0.609. The van der Waals surface area contributed by atoms with Crippen molar-refractivity contribution in [3.05, 3.63) is 41.4 Å². The number of fused-ring (bicyclic) bond motifs is 1. The molecule has 8 heteroatoms. The van der Waals surface area contributed by atoms with E-state index in [0.29, 0.717) is 46.9 Å². The molecule has 0 atom stereocenters. The van der Waals surface area contributed by atoms with E-state index < -0.39 is 10.8 Å². The van der Waals surface area contributed by atoms with Gasteiger partial charge >= 0.3 is 0 Å². The van der Waals surface area contributed by atoms with Crippen molar-refractivity contribution in [3.8, 4) is 22.9 Å². The fraction of sp³-hybridized carbons (Fsp3) is 0.300. The monoisotopic (exact) mass is 417 g/mol. The Morgan fingerprint density at radius 2 is 1.64 bits per heavy atom. The lowest BCUT2D eigenvalue weighted by Crippen LogP contribution is -2.38. The molecule has 146 valence electrons. The van der Waals surface area contributed by atoms with Gasteiger partial charge in [0.1, 0.15) is 5.82 Å². The minimum atomic E-state index is -0.768. The van der Waals surface area contributed by atoms with Gasteiger partial charge in [-0.15, -0.1) is 0 Å². The van der Waals surface area contributed by atoms with Crippen LogP contribution in [0.4, 0.5) is 5.82 Å². The van der Waals surface area contributed by atoms with Crippen LogP contribution in [0.25, 0.3) is 22.3 Å². The van der Waals surface area contributed by atoms with Gasteiger partial charge in [-0.1, -0.05) is 11.6 Å². The zero-order valence-electron chi connectivity index (χ0n) is 15.6. The van der Waals surface area contributed by atoms with Crippen molar-refractivity contribution < 1.29 is 13.7 Å². The van der Waals surface area contributed by atoms with Crippen molar-refractivity contribution >= 4 is 39.1 Å². The van der Waals surface area contributed by atoms with E-state index in [1.54, 1.807) is 14.2 Å². The molecule has 0 unspecified atom stereocenters. The van der Waals surface area contributed by atoms with Crippen molar-refractivity contribution in [1.82, 2.24) is 9.97 Å². The molecule has 1 fully saturated rings. The van der Waals surface area contributed by atoms with Crippen LogP contribution in [0.5, 0.6) is 11.5 Å². The highest BCUT2D eigenvalue weighted by Crippen LogP contribution is 2.36. The number of benzene rings is 2. The van der Waals surface area contributed by atoms with Crippen LogP contribution < -0.4 is 14.4 Å². The molecular formula is C20H20ClN3O3S. The van der Waals surface area contributed by atoms with Crippen LogP contribution in [0.15, 0.2) is 36.4 Å². The molecule has 0 radical (unpaired) electrons. The van der Waals surface area contributed by atoms with Crippen molar-refractivity contribution in [2.75, 3.05) is 43.7 Å². The summed E-state index contributed by atoms with van der Waals surface area (Å²) in [5.41, 5.74) is 1.64. The first-order valence-electron chi connectivity index (χ1n) is 8.88. The number of hydrogen-bond donors (Lipinski definition) is 0. The maximum absolute atomic E-state index is 11.8. The predicted octanol–water partition coefficient (Wildman–Crippen LogP) is 3.54. The molecular weight excluding hydrogens is 398 g/mol. The molecule has 2 heterocycles. The molecule has 0 aliphatic carbocycles. The number of hydrogen-bond acceptors (Lipinski definition) is 6. The second-order valence-electron chi connectivity index (χ2n) is 6.44. The Morgan fingerprint density at radius 1 is 1.00 bits per heavy atom. The second-order valence-corrected chi connectivity index (χ2v) is 8.57. The summed E-state index contributed by atoms with van der Waals surface area (Å²) >= 11 is 6.03. The van der Waals surface area contributed by atoms with Crippen molar-refractivity contribution in [3.63, 3.8) is 0 Å². The van der Waals surface area contributed by atoms with Crippen molar-refractivity contribution in [2.24, 2.45) is 0 Å². The number of nitrogens with zero attached hydrogens (tertiary/aromatic N) is 3. The summed E-state index contributed by atoms with van der Waals surface area (Å²) in [5.74, 6) is 3.93. The molecule has 0 bridgehead atoms. The highest BCUT2D eigenvalue weighted by atomic mass is 35.5. The molecule has 6 nitrogen and oxygen atoms in total. The highest BCUT2D eigenvalue weighted by Gasteiger charge is 2.22. The Hall–Kier alpha value is -2.38. The van der Waals surface area contributed by atoms with Gasteiger partial charge in [0.15, 0.2) is 17.3 Å². The Morgan fingerprint density at radius 3 is 2.29 bits per heavy atom. The van der Waals surface area contributed by atoms with Crippen LogP contribution in [0, 0.1) is 0 Å². The van der Waals surface area contributed by atoms with Crippen LogP contribution >= 0.6 is 11.6 Å². The number of halogens is 1. The summed E-state index contributed by atoms with van der Waals surface area (Å²) in [5, 5.41) is 1.54. The third kappa shape index (κ3) is 3.64. The zero-order chi connectivity index (χ0) is 19.7. The highest BCUT2D eigenvalue weighted by molar-refractivity contribution is 7.85. The Labute approximate surface area is 170 Å². The smallest absolute Gasteiger partial charge is 0.162 e.